The van der Waals surface area contributed by atoms with Crippen LogP contribution in [0.25, 0.3) is 0 Å². The lowest BCUT2D eigenvalue weighted by Gasteiger charge is -2.39. The fraction of sp³-hybridized carbons (Fsp3) is 0.542. The third-order valence-electron chi connectivity index (χ3n) is 6.12. The number of aromatic nitrogens is 2. The molecule has 178 valence electrons. The van der Waals surface area contributed by atoms with Crippen molar-refractivity contribution in [1.82, 2.24) is 14.9 Å². The average Bonchev–Trinajstić information content (AvgIpc) is 3.01. The number of sulfone groups is 1. The number of carbonyl (C=O) groups is 1. The van der Waals surface area contributed by atoms with Gasteiger partial charge in [0.2, 0.25) is 0 Å². The molecule has 0 radical (unpaired) electrons. The molecular weight excluding hydrogens is 442 g/mol. The minimum atomic E-state index is -3.23. The molecule has 9 heteroatoms. The van der Waals surface area contributed by atoms with Crippen molar-refractivity contribution in [1.29, 1.82) is 0 Å². The van der Waals surface area contributed by atoms with Crippen LogP contribution in [0.1, 0.15) is 63.8 Å². The molecule has 1 aromatic carbocycles. The van der Waals surface area contributed by atoms with E-state index in [1.807, 2.05) is 25.7 Å². The lowest BCUT2D eigenvalue weighted by atomic mass is 9.88. The highest BCUT2D eigenvalue weighted by molar-refractivity contribution is 7.90. The van der Waals surface area contributed by atoms with E-state index < -0.39 is 15.4 Å². The second-order valence-electron chi connectivity index (χ2n) is 9.91. The Labute approximate surface area is 195 Å². The molecule has 2 aliphatic heterocycles. The van der Waals surface area contributed by atoms with Gasteiger partial charge in [-0.15, -0.1) is 0 Å². The van der Waals surface area contributed by atoms with Gasteiger partial charge in [-0.1, -0.05) is 0 Å². The van der Waals surface area contributed by atoms with Crippen molar-refractivity contribution in [3.8, 4) is 5.75 Å². The lowest BCUT2D eigenvalue weighted by molar-refractivity contribution is 0.00568. The van der Waals surface area contributed by atoms with E-state index in [1.54, 1.807) is 24.5 Å². The number of rotatable bonds is 5. The fourth-order valence-electron chi connectivity index (χ4n) is 4.62. The predicted octanol–water partition coefficient (Wildman–Crippen LogP) is 4.10. The van der Waals surface area contributed by atoms with Crippen LogP contribution in [0, 0.1) is 0 Å². The molecule has 0 N–H and O–H groups in total. The Kier molecular flexibility index (Phi) is 6.35. The number of hydrogen-bond donors (Lipinski definition) is 0. The number of carbonyl (C=O) groups excluding carboxylic acids is 1. The Morgan fingerprint density at radius 3 is 2.21 bits per heavy atom. The first-order chi connectivity index (χ1) is 15.5. The van der Waals surface area contributed by atoms with E-state index in [1.165, 1.54) is 18.4 Å². The van der Waals surface area contributed by atoms with Gasteiger partial charge in [0.05, 0.1) is 22.5 Å². The summed E-state index contributed by atoms with van der Waals surface area (Å²) < 4.78 is 34.4. The second kappa shape index (κ2) is 8.93. The number of hydrogen-bond acceptors (Lipinski definition) is 7. The molecule has 2 bridgehead atoms. The largest absolute Gasteiger partial charge is 0.487 e. The van der Waals surface area contributed by atoms with E-state index in [4.69, 9.17) is 9.47 Å². The van der Waals surface area contributed by atoms with Crippen molar-refractivity contribution in [2.75, 3.05) is 6.26 Å². The van der Waals surface area contributed by atoms with Gasteiger partial charge in [-0.2, -0.15) is 0 Å². The van der Waals surface area contributed by atoms with Crippen molar-refractivity contribution in [3.05, 3.63) is 48.0 Å². The highest BCUT2D eigenvalue weighted by Crippen LogP contribution is 2.43. The molecule has 0 saturated carbocycles. The molecule has 2 aromatic rings. The summed E-state index contributed by atoms with van der Waals surface area (Å²) in [6.45, 7) is 5.93. The van der Waals surface area contributed by atoms with Crippen LogP contribution < -0.4 is 4.74 Å². The number of fused-ring (bicyclic) bond motifs is 2. The Bertz CT molecular complexity index is 1080. The van der Waals surface area contributed by atoms with Gasteiger partial charge in [-0.3, -0.25) is 9.97 Å². The first kappa shape index (κ1) is 23.5. The molecule has 1 amide bonds. The van der Waals surface area contributed by atoms with Gasteiger partial charge in [0.25, 0.3) is 0 Å². The summed E-state index contributed by atoms with van der Waals surface area (Å²) in [6, 6.07) is 6.68. The number of benzene rings is 1. The van der Waals surface area contributed by atoms with E-state index in [2.05, 4.69) is 9.97 Å². The number of amides is 1. The lowest BCUT2D eigenvalue weighted by Crippen LogP contribution is -2.48. The maximum Gasteiger partial charge on any atom is 0.410 e. The van der Waals surface area contributed by atoms with Crippen LogP contribution in [-0.2, 0) is 21.2 Å². The van der Waals surface area contributed by atoms with Crippen molar-refractivity contribution >= 4 is 15.9 Å². The molecule has 2 fully saturated rings. The van der Waals surface area contributed by atoms with E-state index in [0.717, 1.165) is 31.4 Å². The van der Waals surface area contributed by atoms with Crippen molar-refractivity contribution in [3.63, 3.8) is 0 Å². The summed E-state index contributed by atoms with van der Waals surface area (Å²) in [5, 5.41) is 0. The Morgan fingerprint density at radius 2 is 1.70 bits per heavy atom. The Balaban J connectivity index is 1.34. The predicted molar refractivity (Wildman–Crippen MR) is 123 cm³/mol. The highest BCUT2D eigenvalue weighted by atomic mass is 32.2. The first-order valence-corrected chi connectivity index (χ1v) is 13.1. The molecule has 4 rings (SSSR count). The van der Waals surface area contributed by atoms with Crippen LogP contribution in [-0.4, -0.2) is 53.3 Å². The molecule has 2 saturated heterocycles. The zero-order valence-electron chi connectivity index (χ0n) is 19.5. The summed E-state index contributed by atoms with van der Waals surface area (Å²) >= 11 is 0. The molecule has 3 heterocycles. The molecule has 2 atom stereocenters. The van der Waals surface area contributed by atoms with Crippen LogP contribution in [0.4, 0.5) is 4.79 Å². The zero-order chi connectivity index (χ0) is 23.8. The number of ether oxygens (including phenoxy) is 2. The minimum Gasteiger partial charge on any atom is -0.487 e. The van der Waals surface area contributed by atoms with Crippen LogP contribution in [0.15, 0.2) is 41.6 Å². The monoisotopic (exact) mass is 473 g/mol. The van der Waals surface area contributed by atoms with Crippen LogP contribution >= 0.6 is 0 Å². The van der Waals surface area contributed by atoms with Crippen LogP contribution in [0.3, 0.4) is 0 Å². The normalized spacial score (nSPS) is 22.8. The van der Waals surface area contributed by atoms with Crippen LogP contribution in [0.5, 0.6) is 5.75 Å². The third-order valence-corrected chi connectivity index (χ3v) is 7.25. The quantitative estimate of drug-likeness (QED) is 0.644. The molecule has 8 nitrogen and oxygen atoms in total. The number of nitrogens with zero attached hydrogens (tertiary/aromatic N) is 3. The van der Waals surface area contributed by atoms with E-state index in [9.17, 15) is 13.2 Å². The van der Waals surface area contributed by atoms with Gasteiger partial charge in [0, 0.05) is 30.5 Å². The third kappa shape index (κ3) is 5.63. The molecule has 0 aliphatic carbocycles. The summed E-state index contributed by atoms with van der Waals surface area (Å²) in [5.41, 5.74) is 1.14. The molecular formula is C24H31N3O5S. The summed E-state index contributed by atoms with van der Waals surface area (Å²) in [5.74, 6) is 0.839. The van der Waals surface area contributed by atoms with E-state index >= 15 is 0 Å². The molecule has 33 heavy (non-hydrogen) atoms. The summed E-state index contributed by atoms with van der Waals surface area (Å²) in [7, 11) is -3.23. The standard InChI is InChI=1S/C24H31N3O5S/c1-24(2,3)32-23(28)27-18-5-6-19(27)12-16(11-18)22-14-25-17(13-26-22)15-31-20-7-9-21(10-8-20)33(4,29)30/h7-10,13-14,16,18-19H,5-6,11-12,15H2,1-4H3. The van der Waals surface area contributed by atoms with Gasteiger partial charge in [0.1, 0.15) is 18.0 Å². The van der Waals surface area contributed by atoms with Crippen LogP contribution in [0.2, 0.25) is 0 Å². The minimum absolute atomic E-state index is 0.184. The van der Waals surface area contributed by atoms with Gasteiger partial charge < -0.3 is 14.4 Å². The zero-order valence-corrected chi connectivity index (χ0v) is 20.3. The molecule has 2 unspecified atom stereocenters. The van der Waals surface area contributed by atoms with Gasteiger partial charge >= 0.3 is 6.09 Å². The first-order valence-electron chi connectivity index (χ1n) is 11.2. The summed E-state index contributed by atoms with van der Waals surface area (Å²) in [6.07, 6.45) is 8.22. The van der Waals surface area contributed by atoms with Crippen molar-refractivity contribution in [2.24, 2.45) is 0 Å². The smallest absolute Gasteiger partial charge is 0.410 e. The molecule has 2 aliphatic rings. The van der Waals surface area contributed by atoms with Gasteiger partial charge in [-0.05, 0) is 70.7 Å². The van der Waals surface area contributed by atoms with Gasteiger partial charge in [-0.25, -0.2) is 13.2 Å². The second-order valence-corrected chi connectivity index (χ2v) is 11.9. The van der Waals surface area contributed by atoms with Gasteiger partial charge in [0.15, 0.2) is 9.84 Å². The maximum absolute atomic E-state index is 12.7. The fourth-order valence-corrected chi connectivity index (χ4v) is 5.25. The molecule has 1 aromatic heterocycles. The van der Waals surface area contributed by atoms with Crippen molar-refractivity contribution < 1.29 is 22.7 Å². The highest BCUT2D eigenvalue weighted by Gasteiger charge is 2.45. The maximum atomic E-state index is 12.7. The van der Waals surface area contributed by atoms with E-state index in [-0.39, 0.29) is 35.6 Å². The number of piperidine rings is 1. The van der Waals surface area contributed by atoms with E-state index in [0.29, 0.717) is 11.4 Å². The van der Waals surface area contributed by atoms with Crippen molar-refractivity contribution in [2.45, 2.75) is 81.6 Å². The SMILES string of the molecule is CC(C)(C)OC(=O)N1C2CCC1CC(c1cnc(COc3ccc(S(C)(=O)=O)cc3)cn1)C2. The average molecular weight is 474 g/mol. The topological polar surface area (TPSA) is 98.7 Å². The Morgan fingerprint density at radius 1 is 1.06 bits per heavy atom. The summed E-state index contributed by atoms with van der Waals surface area (Å²) in [4.78, 5) is 24.0. The Hall–Kier alpha value is -2.68. The molecule has 0 spiro atoms.